The molecule has 0 radical (unpaired) electrons. The number of aryl methyl sites for hydroxylation is 1. The molecule has 1 aromatic carbocycles. The van der Waals surface area contributed by atoms with Crippen molar-refractivity contribution < 1.29 is 9.59 Å². The van der Waals surface area contributed by atoms with Crippen molar-refractivity contribution in [3.8, 4) is 0 Å². The molecule has 0 aliphatic carbocycles. The van der Waals surface area contributed by atoms with E-state index in [0.717, 1.165) is 18.5 Å². The Kier molecular flexibility index (Phi) is 5.58. The lowest BCUT2D eigenvalue weighted by atomic mass is 9.97. The SMILES string of the molecule is Cc1ccc(N2CC(C(=O)N(C)C3CC4CCC(C3)N4)CC2=O)cc1.Cl. The smallest absolute Gasteiger partial charge is 0.228 e. The lowest BCUT2D eigenvalue weighted by Crippen LogP contribution is -2.50. The van der Waals surface area contributed by atoms with E-state index in [1.807, 2.05) is 43.1 Å². The molecule has 0 aromatic heterocycles. The van der Waals surface area contributed by atoms with E-state index in [9.17, 15) is 9.59 Å². The first kappa shape index (κ1) is 19.2. The van der Waals surface area contributed by atoms with Gasteiger partial charge in [0.05, 0.1) is 5.92 Å². The van der Waals surface area contributed by atoms with Crippen molar-refractivity contribution in [2.24, 2.45) is 5.92 Å². The molecule has 2 amide bonds. The van der Waals surface area contributed by atoms with E-state index in [1.165, 1.54) is 18.4 Å². The van der Waals surface area contributed by atoms with Crippen LogP contribution in [0.25, 0.3) is 0 Å². The highest BCUT2D eigenvalue weighted by molar-refractivity contribution is 6.00. The van der Waals surface area contributed by atoms with Crippen LogP contribution in [0.4, 0.5) is 5.69 Å². The largest absolute Gasteiger partial charge is 0.342 e. The summed E-state index contributed by atoms with van der Waals surface area (Å²) >= 11 is 0. The van der Waals surface area contributed by atoms with Crippen LogP contribution < -0.4 is 10.2 Å². The number of benzene rings is 1. The van der Waals surface area contributed by atoms with E-state index in [4.69, 9.17) is 0 Å². The van der Waals surface area contributed by atoms with Gasteiger partial charge in [0.2, 0.25) is 11.8 Å². The zero-order valence-corrected chi connectivity index (χ0v) is 16.3. The summed E-state index contributed by atoms with van der Waals surface area (Å²) in [5.41, 5.74) is 2.07. The Morgan fingerprint density at radius 3 is 2.38 bits per heavy atom. The Morgan fingerprint density at radius 1 is 1.15 bits per heavy atom. The summed E-state index contributed by atoms with van der Waals surface area (Å²) in [6, 6.07) is 9.39. The van der Waals surface area contributed by atoms with Crippen LogP contribution >= 0.6 is 12.4 Å². The fraction of sp³-hybridized carbons (Fsp3) is 0.600. The highest BCUT2D eigenvalue weighted by Gasteiger charge is 2.41. The first-order chi connectivity index (χ1) is 12.0. The number of fused-ring (bicyclic) bond motifs is 2. The average molecular weight is 378 g/mol. The highest BCUT2D eigenvalue weighted by Crippen LogP contribution is 2.32. The molecule has 1 N–H and O–H groups in total. The number of hydrogen-bond acceptors (Lipinski definition) is 3. The molecule has 3 fully saturated rings. The minimum Gasteiger partial charge on any atom is -0.342 e. The quantitative estimate of drug-likeness (QED) is 0.880. The van der Waals surface area contributed by atoms with Gasteiger partial charge in [-0.1, -0.05) is 17.7 Å². The molecule has 3 aliphatic rings. The fourth-order valence-electron chi connectivity index (χ4n) is 4.66. The van der Waals surface area contributed by atoms with E-state index in [-0.39, 0.29) is 30.1 Å². The van der Waals surface area contributed by atoms with Gasteiger partial charge in [0.15, 0.2) is 0 Å². The van der Waals surface area contributed by atoms with Crippen LogP contribution in [0.3, 0.4) is 0 Å². The number of nitrogens with zero attached hydrogens (tertiary/aromatic N) is 2. The van der Waals surface area contributed by atoms with Gasteiger partial charge >= 0.3 is 0 Å². The van der Waals surface area contributed by atoms with Crippen molar-refractivity contribution >= 4 is 29.9 Å². The topological polar surface area (TPSA) is 52.7 Å². The Bertz CT molecular complexity index is 666. The van der Waals surface area contributed by atoms with E-state index in [1.54, 1.807) is 4.90 Å². The van der Waals surface area contributed by atoms with Gasteiger partial charge in [0.25, 0.3) is 0 Å². The second-order valence-corrected chi connectivity index (χ2v) is 7.95. The second kappa shape index (κ2) is 7.57. The number of halogens is 1. The standard InChI is InChI=1S/C20H27N3O2.ClH/c1-13-3-7-17(8-4-13)23-12-14(9-19(23)24)20(25)22(2)18-10-15-5-6-16(11-18)21-15;/h3-4,7-8,14-16,18,21H,5-6,9-12H2,1-2H3;1H. The van der Waals surface area contributed by atoms with Crippen LogP contribution in [0.15, 0.2) is 24.3 Å². The molecule has 6 heteroatoms. The van der Waals surface area contributed by atoms with Crippen LogP contribution in [0.5, 0.6) is 0 Å². The number of anilines is 1. The predicted molar refractivity (Wildman–Crippen MR) is 105 cm³/mol. The lowest BCUT2D eigenvalue weighted by molar-refractivity contribution is -0.137. The van der Waals surface area contributed by atoms with Gasteiger partial charge in [0, 0.05) is 43.8 Å². The molecule has 3 aliphatic heterocycles. The van der Waals surface area contributed by atoms with Crippen molar-refractivity contribution in [2.75, 3.05) is 18.5 Å². The molecule has 2 bridgehead atoms. The monoisotopic (exact) mass is 377 g/mol. The summed E-state index contributed by atoms with van der Waals surface area (Å²) in [4.78, 5) is 29.1. The molecule has 3 unspecified atom stereocenters. The van der Waals surface area contributed by atoms with E-state index >= 15 is 0 Å². The Balaban J connectivity index is 0.00000196. The molecule has 3 atom stereocenters. The van der Waals surface area contributed by atoms with Gasteiger partial charge in [-0.15, -0.1) is 12.4 Å². The Hall–Kier alpha value is -1.59. The van der Waals surface area contributed by atoms with Gasteiger partial charge in [-0.3, -0.25) is 9.59 Å². The summed E-state index contributed by atoms with van der Waals surface area (Å²) in [5.74, 6) is -0.0263. The molecule has 1 aromatic rings. The van der Waals surface area contributed by atoms with E-state index < -0.39 is 0 Å². The van der Waals surface area contributed by atoms with E-state index in [2.05, 4.69) is 5.32 Å². The molecule has 142 valence electrons. The molecular formula is C20H28ClN3O2. The maximum absolute atomic E-state index is 13.0. The Morgan fingerprint density at radius 2 is 1.77 bits per heavy atom. The summed E-state index contributed by atoms with van der Waals surface area (Å²) in [7, 11) is 1.93. The van der Waals surface area contributed by atoms with Crippen LogP contribution in [0.1, 0.15) is 37.7 Å². The molecule has 0 spiro atoms. The van der Waals surface area contributed by atoms with Crippen LogP contribution in [-0.4, -0.2) is 48.4 Å². The summed E-state index contributed by atoms with van der Waals surface area (Å²) in [6.07, 6.45) is 4.87. The third-order valence-corrected chi connectivity index (χ3v) is 6.16. The second-order valence-electron chi connectivity index (χ2n) is 7.95. The third-order valence-electron chi connectivity index (χ3n) is 6.16. The first-order valence-electron chi connectivity index (χ1n) is 9.41. The number of nitrogens with one attached hydrogen (secondary N) is 1. The molecule has 3 heterocycles. The van der Waals surface area contributed by atoms with Crippen molar-refractivity contribution in [1.29, 1.82) is 0 Å². The van der Waals surface area contributed by atoms with Gasteiger partial charge < -0.3 is 15.1 Å². The zero-order valence-electron chi connectivity index (χ0n) is 15.5. The van der Waals surface area contributed by atoms with Gasteiger partial charge in [0.1, 0.15) is 0 Å². The van der Waals surface area contributed by atoms with Crippen molar-refractivity contribution in [1.82, 2.24) is 10.2 Å². The molecular weight excluding hydrogens is 350 g/mol. The van der Waals surface area contributed by atoms with Crippen molar-refractivity contribution in [3.05, 3.63) is 29.8 Å². The molecule has 5 nitrogen and oxygen atoms in total. The van der Waals surface area contributed by atoms with Gasteiger partial charge in [-0.05, 0) is 44.7 Å². The number of carbonyl (C=O) groups is 2. The molecule has 4 rings (SSSR count). The number of carbonyl (C=O) groups excluding carboxylic acids is 2. The van der Waals surface area contributed by atoms with E-state index in [0.29, 0.717) is 31.1 Å². The third kappa shape index (κ3) is 3.60. The van der Waals surface area contributed by atoms with Crippen LogP contribution in [-0.2, 0) is 9.59 Å². The highest BCUT2D eigenvalue weighted by atomic mass is 35.5. The van der Waals surface area contributed by atoms with Crippen LogP contribution in [0, 0.1) is 12.8 Å². The maximum atomic E-state index is 13.0. The molecule has 3 saturated heterocycles. The maximum Gasteiger partial charge on any atom is 0.228 e. The fourth-order valence-corrected chi connectivity index (χ4v) is 4.66. The summed E-state index contributed by atoms with van der Waals surface area (Å²) in [6.45, 7) is 2.53. The number of rotatable bonds is 3. The van der Waals surface area contributed by atoms with Gasteiger partial charge in [-0.25, -0.2) is 0 Å². The zero-order chi connectivity index (χ0) is 17.6. The predicted octanol–water partition coefficient (Wildman–Crippen LogP) is 2.51. The average Bonchev–Trinajstić information content (AvgIpc) is 3.16. The minimum absolute atomic E-state index is 0. The normalized spacial score (nSPS) is 30.2. The first-order valence-corrected chi connectivity index (χ1v) is 9.41. The van der Waals surface area contributed by atoms with Crippen molar-refractivity contribution in [3.63, 3.8) is 0 Å². The van der Waals surface area contributed by atoms with Crippen molar-refractivity contribution in [2.45, 2.75) is 57.2 Å². The summed E-state index contributed by atoms with van der Waals surface area (Å²) in [5, 5.41) is 3.62. The molecule has 26 heavy (non-hydrogen) atoms. The Labute approximate surface area is 161 Å². The van der Waals surface area contributed by atoms with Gasteiger partial charge in [-0.2, -0.15) is 0 Å². The number of hydrogen-bond donors (Lipinski definition) is 1. The van der Waals surface area contributed by atoms with Crippen LogP contribution in [0.2, 0.25) is 0 Å². The number of piperidine rings is 1. The number of amides is 2. The lowest BCUT2D eigenvalue weighted by Gasteiger charge is -2.36. The molecule has 0 saturated carbocycles. The summed E-state index contributed by atoms with van der Waals surface area (Å²) < 4.78 is 0. The minimum atomic E-state index is -0.216.